The SMILES string of the molecule is CC(O)c1cccc(Cl)c1.[H-].[Na+]. The van der Waals surface area contributed by atoms with Gasteiger partial charge in [-0.2, -0.15) is 0 Å². The molecule has 0 aliphatic rings. The summed E-state index contributed by atoms with van der Waals surface area (Å²) in [7, 11) is 0. The molecule has 3 heteroatoms. The maximum atomic E-state index is 9.09. The van der Waals surface area contributed by atoms with Crippen LogP contribution in [0.15, 0.2) is 24.3 Å². The summed E-state index contributed by atoms with van der Waals surface area (Å²) in [5.74, 6) is 0. The van der Waals surface area contributed by atoms with Crippen molar-refractivity contribution in [3.05, 3.63) is 34.9 Å². The minimum atomic E-state index is -0.432. The summed E-state index contributed by atoms with van der Waals surface area (Å²) >= 11 is 5.68. The molecule has 1 aromatic carbocycles. The summed E-state index contributed by atoms with van der Waals surface area (Å²) in [6.45, 7) is 1.71. The Hall–Kier alpha value is 0.470. The van der Waals surface area contributed by atoms with Crippen molar-refractivity contribution >= 4 is 11.6 Å². The van der Waals surface area contributed by atoms with Crippen LogP contribution >= 0.6 is 11.6 Å². The number of aliphatic hydroxyl groups is 1. The molecule has 1 unspecified atom stereocenters. The van der Waals surface area contributed by atoms with Crippen LogP contribution in [0.3, 0.4) is 0 Å². The van der Waals surface area contributed by atoms with E-state index in [1.54, 1.807) is 19.1 Å². The van der Waals surface area contributed by atoms with Gasteiger partial charge in [-0.15, -0.1) is 0 Å². The van der Waals surface area contributed by atoms with Crippen LogP contribution in [0, 0.1) is 0 Å². The molecule has 11 heavy (non-hydrogen) atoms. The fourth-order valence-electron chi connectivity index (χ4n) is 0.766. The van der Waals surface area contributed by atoms with Crippen LogP contribution < -0.4 is 29.6 Å². The van der Waals surface area contributed by atoms with E-state index < -0.39 is 6.10 Å². The molecule has 0 saturated heterocycles. The Morgan fingerprint density at radius 2 is 2.18 bits per heavy atom. The molecule has 0 aromatic heterocycles. The Kier molecular flexibility index (Phi) is 5.40. The Bertz CT molecular complexity index is 230. The van der Waals surface area contributed by atoms with Crippen molar-refractivity contribution in [1.29, 1.82) is 0 Å². The first-order valence-electron chi connectivity index (χ1n) is 3.13. The minimum Gasteiger partial charge on any atom is -1.00 e. The molecular weight excluding hydrogens is 171 g/mol. The van der Waals surface area contributed by atoms with Crippen LogP contribution in [0.5, 0.6) is 0 Å². The molecule has 1 atom stereocenters. The summed E-state index contributed by atoms with van der Waals surface area (Å²) in [6, 6.07) is 7.21. The van der Waals surface area contributed by atoms with Gasteiger partial charge in [-0.25, -0.2) is 0 Å². The topological polar surface area (TPSA) is 20.2 Å². The summed E-state index contributed by atoms with van der Waals surface area (Å²) in [6.07, 6.45) is -0.432. The van der Waals surface area contributed by atoms with Gasteiger partial charge in [0.1, 0.15) is 0 Å². The maximum Gasteiger partial charge on any atom is 1.00 e. The van der Waals surface area contributed by atoms with E-state index in [1.165, 1.54) is 0 Å². The summed E-state index contributed by atoms with van der Waals surface area (Å²) in [5, 5.41) is 9.75. The number of hydrogen-bond donors (Lipinski definition) is 1. The monoisotopic (exact) mass is 180 g/mol. The third-order valence-electron chi connectivity index (χ3n) is 1.33. The van der Waals surface area contributed by atoms with Gasteiger partial charge in [0.25, 0.3) is 0 Å². The molecule has 0 fully saturated rings. The second kappa shape index (κ2) is 5.18. The molecule has 1 aromatic rings. The molecule has 1 rings (SSSR count). The van der Waals surface area contributed by atoms with E-state index in [0.29, 0.717) is 5.02 Å². The van der Waals surface area contributed by atoms with Crippen LogP contribution in [0.1, 0.15) is 20.0 Å². The number of benzene rings is 1. The summed E-state index contributed by atoms with van der Waals surface area (Å²) < 4.78 is 0. The molecule has 0 bridgehead atoms. The van der Waals surface area contributed by atoms with Crippen molar-refractivity contribution < 1.29 is 36.1 Å². The Balaban J connectivity index is 0. The fraction of sp³-hybridized carbons (Fsp3) is 0.250. The Morgan fingerprint density at radius 3 is 2.55 bits per heavy atom. The molecule has 1 nitrogen and oxygen atoms in total. The average molecular weight is 181 g/mol. The van der Waals surface area contributed by atoms with Crippen LogP contribution in [-0.4, -0.2) is 5.11 Å². The van der Waals surface area contributed by atoms with Crippen LogP contribution in [0.2, 0.25) is 5.02 Å². The van der Waals surface area contributed by atoms with Gasteiger partial charge in [0.05, 0.1) is 6.10 Å². The molecule has 0 aliphatic carbocycles. The Morgan fingerprint density at radius 1 is 1.55 bits per heavy atom. The van der Waals surface area contributed by atoms with E-state index in [4.69, 9.17) is 16.7 Å². The largest absolute Gasteiger partial charge is 1.00 e. The van der Waals surface area contributed by atoms with Crippen molar-refractivity contribution in [2.45, 2.75) is 13.0 Å². The fourth-order valence-corrected chi connectivity index (χ4v) is 0.965. The summed E-state index contributed by atoms with van der Waals surface area (Å²) in [5.41, 5.74) is 0.854. The van der Waals surface area contributed by atoms with Crippen LogP contribution in [0.4, 0.5) is 0 Å². The van der Waals surface area contributed by atoms with Crippen LogP contribution in [0.25, 0.3) is 0 Å². The van der Waals surface area contributed by atoms with Gasteiger partial charge < -0.3 is 6.53 Å². The molecule has 0 spiro atoms. The molecule has 56 valence electrons. The van der Waals surface area contributed by atoms with E-state index >= 15 is 0 Å². The van der Waals surface area contributed by atoms with Crippen molar-refractivity contribution in [3.8, 4) is 0 Å². The normalized spacial score (nSPS) is 11.9. The van der Waals surface area contributed by atoms with E-state index in [9.17, 15) is 0 Å². The zero-order valence-electron chi connectivity index (χ0n) is 7.71. The Labute approximate surface area is 95.2 Å². The van der Waals surface area contributed by atoms with E-state index in [-0.39, 0.29) is 31.0 Å². The second-order valence-electron chi connectivity index (χ2n) is 2.23. The van der Waals surface area contributed by atoms with Gasteiger partial charge in [-0.1, -0.05) is 23.7 Å². The first-order valence-corrected chi connectivity index (χ1v) is 3.51. The standard InChI is InChI=1S/C8H9ClO.Na.H/c1-6(10)7-3-2-4-8(9)5-7;;/h2-6,10H,1H3;;/q;+1;-1. The third kappa shape index (κ3) is 3.59. The van der Waals surface area contributed by atoms with E-state index in [0.717, 1.165) is 5.56 Å². The number of rotatable bonds is 1. The zero-order valence-corrected chi connectivity index (χ0v) is 9.47. The maximum absolute atomic E-state index is 9.09. The average Bonchev–Trinajstić information content (AvgIpc) is 1.88. The third-order valence-corrected chi connectivity index (χ3v) is 1.57. The van der Waals surface area contributed by atoms with Gasteiger partial charge in [0.2, 0.25) is 0 Å². The van der Waals surface area contributed by atoms with Gasteiger partial charge in [0.15, 0.2) is 0 Å². The molecule has 0 radical (unpaired) electrons. The van der Waals surface area contributed by atoms with Gasteiger partial charge in [-0.3, -0.25) is 0 Å². The number of hydrogen-bond acceptors (Lipinski definition) is 1. The van der Waals surface area contributed by atoms with Crippen molar-refractivity contribution in [2.24, 2.45) is 0 Å². The van der Waals surface area contributed by atoms with Gasteiger partial charge in [-0.05, 0) is 24.6 Å². The summed E-state index contributed by atoms with van der Waals surface area (Å²) in [4.78, 5) is 0. The second-order valence-corrected chi connectivity index (χ2v) is 2.67. The smallest absolute Gasteiger partial charge is 1.00 e. The number of aliphatic hydroxyl groups excluding tert-OH is 1. The zero-order chi connectivity index (χ0) is 7.56. The molecular formula is C8H10ClNaO. The van der Waals surface area contributed by atoms with E-state index in [1.807, 2.05) is 12.1 Å². The molecule has 0 heterocycles. The molecule has 1 N–H and O–H groups in total. The van der Waals surface area contributed by atoms with Crippen molar-refractivity contribution in [2.75, 3.05) is 0 Å². The molecule has 0 aliphatic heterocycles. The van der Waals surface area contributed by atoms with Gasteiger partial charge in [0, 0.05) is 5.02 Å². The van der Waals surface area contributed by atoms with Gasteiger partial charge >= 0.3 is 29.6 Å². The number of halogens is 1. The minimum absolute atomic E-state index is 0. The molecule has 0 amide bonds. The first kappa shape index (κ1) is 11.5. The van der Waals surface area contributed by atoms with Crippen molar-refractivity contribution in [1.82, 2.24) is 0 Å². The predicted octanol–water partition coefficient (Wildman–Crippen LogP) is -0.490. The molecule has 0 saturated carbocycles. The van der Waals surface area contributed by atoms with E-state index in [2.05, 4.69) is 0 Å². The quantitative estimate of drug-likeness (QED) is 0.579. The predicted molar refractivity (Wildman–Crippen MR) is 43.2 cm³/mol. The van der Waals surface area contributed by atoms with Crippen LogP contribution in [-0.2, 0) is 0 Å². The first-order chi connectivity index (χ1) is 4.70. The van der Waals surface area contributed by atoms with Crippen molar-refractivity contribution in [3.63, 3.8) is 0 Å².